The lowest BCUT2D eigenvalue weighted by atomic mass is 9.93. The van der Waals surface area contributed by atoms with Gasteiger partial charge >= 0.3 is 5.97 Å². The molecule has 210 valence electrons. The summed E-state index contributed by atoms with van der Waals surface area (Å²) in [6.45, 7) is 8.61. The molecule has 4 rings (SSSR count). The Balaban J connectivity index is 1.87. The van der Waals surface area contributed by atoms with Crippen molar-refractivity contribution in [3.63, 3.8) is 0 Å². The molecular weight excluding hydrogens is 506 g/mol. The number of carbonyl (C=O) groups excluding carboxylic acids is 3. The molecule has 11 heteroatoms. The second-order valence-electron chi connectivity index (χ2n) is 9.40. The number of hydrogen-bond donors (Lipinski definition) is 2. The quantitative estimate of drug-likeness (QED) is 0.213. The number of ketones is 1. The fraction of sp³-hybridized carbons (Fsp3) is 0.464. The largest absolute Gasteiger partial charge is 0.507 e. The Bertz CT molecular complexity index is 1290. The van der Waals surface area contributed by atoms with Gasteiger partial charge in [-0.25, -0.2) is 4.79 Å². The zero-order valence-corrected chi connectivity index (χ0v) is 23.0. The van der Waals surface area contributed by atoms with Gasteiger partial charge in [0.15, 0.2) is 0 Å². The highest BCUT2D eigenvalue weighted by atomic mass is 16.5. The topological polar surface area (TPSA) is 131 Å². The molecule has 0 spiro atoms. The minimum Gasteiger partial charge on any atom is -0.507 e. The van der Waals surface area contributed by atoms with Gasteiger partial charge in [-0.05, 0) is 44.5 Å². The number of H-pyrrole nitrogens is 1. The van der Waals surface area contributed by atoms with Gasteiger partial charge in [0.2, 0.25) is 0 Å². The summed E-state index contributed by atoms with van der Waals surface area (Å²) >= 11 is 0. The molecule has 1 aromatic heterocycles. The SMILES string of the molecule is CCOC(=O)c1[nH]c(C)c(/C(O)=C2\C(=O)C(=O)N(CCN3CCOCC3)C2c2cc(OC)ccc2OC)c1C. The molecule has 3 heterocycles. The molecule has 11 nitrogen and oxygen atoms in total. The molecule has 39 heavy (non-hydrogen) atoms. The minimum absolute atomic E-state index is 0.0888. The van der Waals surface area contributed by atoms with Crippen LogP contribution in [0.1, 0.15) is 45.8 Å². The van der Waals surface area contributed by atoms with E-state index in [-0.39, 0.29) is 35.7 Å². The maximum atomic E-state index is 13.6. The standard InChI is InChI=1S/C28H35N3O8/c1-6-39-28(35)23-16(2)21(17(3)29-23)25(32)22-24(19-15-18(36-4)7-8-20(19)37-5)31(27(34)26(22)33)10-9-30-11-13-38-14-12-30/h7-8,15,24,29,32H,6,9-14H2,1-5H3/b25-22+. The number of aliphatic hydroxyl groups excluding tert-OH is 1. The highest BCUT2D eigenvalue weighted by Crippen LogP contribution is 2.44. The number of amides is 1. The first kappa shape index (κ1) is 28.2. The van der Waals surface area contributed by atoms with Crippen molar-refractivity contribution in [2.75, 3.05) is 60.2 Å². The average Bonchev–Trinajstić information content (AvgIpc) is 3.38. The molecule has 0 saturated carbocycles. The Hall–Kier alpha value is -3.83. The first-order chi connectivity index (χ1) is 18.7. The van der Waals surface area contributed by atoms with Crippen LogP contribution >= 0.6 is 0 Å². The summed E-state index contributed by atoms with van der Waals surface area (Å²) in [5.74, 6) is -1.56. The second-order valence-corrected chi connectivity index (χ2v) is 9.40. The van der Waals surface area contributed by atoms with E-state index in [1.54, 1.807) is 39.0 Å². The van der Waals surface area contributed by atoms with Crippen LogP contribution in [0.3, 0.4) is 0 Å². The Morgan fingerprint density at radius 1 is 1.13 bits per heavy atom. The van der Waals surface area contributed by atoms with Gasteiger partial charge in [0.1, 0.15) is 23.0 Å². The second kappa shape index (κ2) is 11.9. The summed E-state index contributed by atoms with van der Waals surface area (Å²) in [6, 6.07) is 4.16. The van der Waals surface area contributed by atoms with Crippen LogP contribution < -0.4 is 9.47 Å². The van der Waals surface area contributed by atoms with Crippen molar-refractivity contribution >= 4 is 23.4 Å². The van der Waals surface area contributed by atoms with Gasteiger partial charge in [-0.3, -0.25) is 14.5 Å². The lowest BCUT2D eigenvalue weighted by Gasteiger charge is -2.31. The fourth-order valence-electron chi connectivity index (χ4n) is 5.21. The monoisotopic (exact) mass is 541 g/mol. The molecule has 1 aromatic carbocycles. The number of aromatic nitrogens is 1. The number of aryl methyl sites for hydroxylation is 1. The van der Waals surface area contributed by atoms with E-state index in [1.807, 2.05) is 0 Å². The number of aromatic amines is 1. The molecular formula is C28H35N3O8. The number of ether oxygens (including phenoxy) is 4. The third-order valence-corrected chi connectivity index (χ3v) is 7.19. The van der Waals surface area contributed by atoms with Crippen LogP contribution in [-0.2, 0) is 19.1 Å². The summed E-state index contributed by atoms with van der Waals surface area (Å²) < 4.78 is 21.6. The Morgan fingerprint density at radius 3 is 2.49 bits per heavy atom. The van der Waals surface area contributed by atoms with Crippen LogP contribution in [0.2, 0.25) is 0 Å². The molecule has 2 aliphatic rings. The van der Waals surface area contributed by atoms with Gasteiger partial charge in [-0.2, -0.15) is 0 Å². The molecule has 2 N–H and O–H groups in total. The molecule has 1 unspecified atom stereocenters. The van der Waals surface area contributed by atoms with Gasteiger partial charge < -0.3 is 33.9 Å². The van der Waals surface area contributed by atoms with E-state index in [0.29, 0.717) is 48.1 Å². The number of nitrogens with zero attached hydrogens (tertiary/aromatic N) is 2. The smallest absolute Gasteiger partial charge is 0.355 e. The van der Waals surface area contributed by atoms with E-state index >= 15 is 0 Å². The molecule has 0 radical (unpaired) electrons. The maximum Gasteiger partial charge on any atom is 0.355 e. The van der Waals surface area contributed by atoms with Crippen molar-refractivity contribution in [1.82, 2.24) is 14.8 Å². The van der Waals surface area contributed by atoms with Crippen molar-refractivity contribution in [3.8, 4) is 11.5 Å². The molecule has 2 aromatic rings. The van der Waals surface area contributed by atoms with E-state index in [0.717, 1.165) is 13.1 Å². The highest BCUT2D eigenvalue weighted by molar-refractivity contribution is 6.46. The summed E-state index contributed by atoms with van der Waals surface area (Å²) in [5, 5.41) is 11.7. The summed E-state index contributed by atoms with van der Waals surface area (Å²) in [4.78, 5) is 46.1. The fourth-order valence-corrected chi connectivity index (χ4v) is 5.21. The summed E-state index contributed by atoms with van der Waals surface area (Å²) in [5.41, 5.74) is 1.73. The van der Waals surface area contributed by atoms with Crippen LogP contribution in [0.5, 0.6) is 11.5 Å². The number of esters is 1. The molecule has 1 atom stereocenters. The van der Waals surface area contributed by atoms with E-state index < -0.39 is 23.7 Å². The van der Waals surface area contributed by atoms with Crippen molar-refractivity contribution in [2.24, 2.45) is 0 Å². The number of carbonyl (C=O) groups is 3. The number of hydrogen-bond acceptors (Lipinski definition) is 9. The van der Waals surface area contributed by atoms with Crippen molar-refractivity contribution in [2.45, 2.75) is 26.8 Å². The minimum atomic E-state index is -0.948. The van der Waals surface area contributed by atoms with Crippen molar-refractivity contribution < 1.29 is 38.4 Å². The van der Waals surface area contributed by atoms with Gasteiger partial charge in [0.25, 0.3) is 11.7 Å². The molecule has 0 aliphatic carbocycles. The van der Waals surface area contributed by atoms with Crippen LogP contribution in [0.4, 0.5) is 0 Å². The lowest BCUT2D eigenvalue weighted by molar-refractivity contribution is -0.140. The Kier molecular flexibility index (Phi) is 8.61. The lowest BCUT2D eigenvalue weighted by Crippen LogP contribution is -2.42. The number of morpholine rings is 1. The van der Waals surface area contributed by atoms with Crippen LogP contribution in [0.25, 0.3) is 5.76 Å². The third kappa shape index (κ3) is 5.37. The summed E-state index contributed by atoms with van der Waals surface area (Å²) in [7, 11) is 3.02. The van der Waals surface area contributed by atoms with E-state index in [2.05, 4.69) is 9.88 Å². The van der Waals surface area contributed by atoms with Crippen molar-refractivity contribution in [1.29, 1.82) is 0 Å². The number of nitrogens with one attached hydrogen (secondary N) is 1. The Morgan fingerprint density at radius 2 is 1.85 bits per heavy atom. The van der Waals surface area contributed by atoms with Gasteiger partial charge in [-0.15, -0.1) is 0 Å². The van der Waals surface area contributed by atoms with Gasteiger partial charge in [-0.1, -0.05) is 0 Å². The molecule has 2 saturated heterocycles. The average molecular weight is 542 g/mol. The molecule has 0 bridgehead atoms. The third-order valence-electron chi connectivity index (χ3n) is 7.19. The number of Topliss-reactive ketones (excluding diaryl/α,β-unsaturated/α-hetero) is 1. The highest BCUT2D eigenvalue weighted by Gasteiger charge is 2.47. The maximum absolute atomic E-state index is 13.6. The normalized spacial score (nSPS) is 19.4. The van der Waals surface area contributed by atoms with Crippen LogP contribution in [-0.4, -0.2) is 97.8 Å². The van der Waals surface area contributed by atoms with E-state index in [4.69, 9.17) is 18.9 Å². The van der Waals surface area contributed by atoms with E-state index in [1.165, 1.54) is 19.1 Å². The van der Waals surface area contributed by atoms with E-state index in [9.17, 15) is 19.5 Å². The van der Waals surface area contributed by atoms with Crippen molar-refractivity contribution in [3.05, 3.63) is 51.9 Å². The zero-order valence-electron chi connectivity index (χ0n) is 23.0. The molecule has 2 fully saturated rings. The number of methoxy groups -OCH3 is 2. The molecule has 2 aliphatic heterocycles. The number of rotatable bonds is 9. The zero-order chi connectivity index (χ0) is 28.3. The number of benzene rings is 1. The number of aliphatic hydroxyl groups is 1. The number of likely N-dealkylation sites (tertiary alicyclic amines) is 1. The predicted octanol–water partition coefficient (Wildman–Crippen LogP) is 2.58. The predicted molar refractivity (Wildman–Crippen MR) is 142 cm³/mol. The van der Waals surface area contributed by atoms with Gasteiger partial charge in [0, 0.05) is 43.0 Å². The van der Waals surface area contributed by atoms with Crippen LogP contribution in [0, 0.1) is 13.8 Å². The Labute approximate surface area is 227 Å². The van der Waals surface area contributed by atoms with Crippen LogP contribution in [0.15, 0.2) is 23.8 Å². The first-order valence-corrected chi connectivity index (χ1v) is 12.9. The first-order valence-electron chi connectivity index (χ1n) is 12.9. The molecule has 1 amide bonds. The van der Waals surface area contributed by atoms with Gasteiger partial charge in [0.05, 0.1) is 45.7 Å². The summed E-state index contributed by atoms with van der Waals surface area (Å²) in [6.07, 6.45) is 0.